The summed E-state index contributed by atoms with van der Waals surface area (Å²) in [6, 6.07) is 6.97. The molecule has 5 nitrogen and oxygen atoms in total. The molecule has 0 saturated heterocycles. The van der Waals surface area contributed by atoms with Crippen LogP contribution in [-0.4, -0.2) is 10.9 Å². The van der Waals surface area contributed by atoms with Crippen LogP contribution in [0, 0.1) is 0 Å². The monoisotopic (exact) mass is 282 g/mol. The molecule has 0 fully saturated rings. The van der Waals surface area contributed by atoms with E-state index in [1.807, 2.05) is 6.07 Å². The Morgan fingerprint density at radius 1 is 1.39 bits per heavy atom. The summed E-state index contributed by atoms with van der Waals surface area (Å²) < 4.78 is 0.708. The third-order valence-electron chi connectivity index (χ3n) is 2.23. The van der Waals surface area contributed by atoms with E-state index in [9.17, 15) is 4.79 Å². The molecule has 0 aliphatic carbocycles. The maximum absolute atomic E-state index is 11.8. The molecular weight excluding hydrogens is 272 g/mol. The van der Waals surface area contributed by atoms with Gasteiger partial charge in [-0.1, -0.05) is 11.6 Å². The van der Waals surface area contributed by atoms with Gasteiger partial charge in [0.05, 0.1) is 16.4 Å². The van der Waals surface area contributed by atoms with Crippen molar-refractivity contribution in [1.29, 1.82) is 0 Å². The van der Waals surface area contributed by atoms with Gasteiger partial charge in [0, 0.05) is 11.1 Å². The highest BCUT2D eigenvalue weighted by molar-refractivity contribution is 7.16. The molecule has 2 aromatic heterocycles. The highest BCUT2D eigenvalue weighted by Crippen LogP contribution is 2.21. The predicted octanol–water partition coefficient (Wildman–Crippen LogP) is 2.01. The molecule has 18 heavy (non-hydrogen) atoms. The quantitative estimate of drug-likeness (QED) is 0.592. The lowest BCUT2D eigenvalue weighted by atomic mass is 10.2. The Morgan fingerprint density at radius 2 is 2.22 bits per heavy atom. The number of amides is 1. The van der Waals surface area contributed by atoms with Gasteiger partial charge in [0.25, 0.3) is 5.91 Å². The second-order valence-corrected chi connectivity index (χ2v) is 5.26. The first-order valence-corrected chi connectivity index (χ1v) is 6.33. The number of nitrogens with zero attached hydrogens (tertiary/aromatic N) is 1. The van der Waals surface area contributed by atoms with E-state index in [0.29, 0.717) is 22.3 Å². The van der Waals surface area contributed by atoms with Crippen molar-refractivity contribution in [2.24, 2.45) is 5.84 Å². The number of thiophene rings is 1. The average Bonchev–Trinajstić information content (AvgIpc) is 2.82. The highest BCUT2D eigenvalue weighted by atomic mass is 35.5. The van der Waals surface area contributed by atoms with E-state index in [1.165, 1.54) is 17.5 Å². The molecular formula is C11H11ClN4OS. The summed E-state index contributed by atoms with van der Waals surface area (Å²) in [6.45, 7) is 0.451. The van der Waals surface area contributed by atoms with Crippen LogP contribution in [-0.2, 0) is 6.54 Å². The Labute approximate surface area is 113 Å². The van der Waals surface area contributed by atoms with Crippen molar-refractivity contribution in [1.82, 2.24) is 10.3 Å². The van der Waals surface area contributed by atoms with Crippen LogP contribution in [0.3, 0.4) is 0 Å². The first-order valence-electron chi connectivity index (χ1n) is 5.14. The molecule has 1 amide bonds. The van der Waals surface area contributed by atoms with Crippen molar-refractivity contribution in [3.8, 4) is 0 Å². The Bertz CT molecular complexity index is 540. The topological polar surface area (TPSA) is 80.0 Å². The van der Waals surface area contributed by atoms with Gasteiger partial charge in [-0.15, -0.1) is 11.3 Å². The number of carbonyl (C=O) groups excluding carboxylic acids is 1. The third kappa shape index (κ3) is 3.19. The number of carbonyl (C=O) groups is 1. The van der Waals surface area contributed by atoms with Crippen molar-refractivity contribution in [3.63, 3.8) is 0 Å². The summed E-state index contributed by atoms with van der Waals surface area (Å²) in [5.41, 5.74) is 2.88. The zero-order chi connectivity index (χ0) is 13.0. The molecule has 2 heterocycles. The zero-order valence-corrected chi connectivity index (χ0v) is 10.9. The van der Waals surface area contributed by atoms with Crippen LogP contribution >= 0.6 is 22.9 Å². The standard InChI is InChI=1S/C11H11ClN4OS/c12-9-3-2-8(18-9)6-15-11(17)7-1-4-10(16-13)14-5-7/h1-5H,6,13H2,(H,14,16)(H,15,17). The summed E-state index contributed by atoms with van der Waals surface area (Å²) in [5.74, 6) is 5.51. The van der Waals surface area contributed by atoms with Crippen LogP contribution in [0.1, 0.15) is 15.2 Å². The van der Waals surface area contributed by atoms with Crippen molar-refractivity contribution in [2.45, 2.75) is 6.54 Å². The minimum Gasteiger partial charge on any atom is -0.347 e. The largest absolute Gasteiger partial charge is 0.347 e. The van der Waals surface area contributed by atoms with E-state index in [2.05, 4.69) is 15.7 Å². The number of hydrazine groups is 1. The summed E-state index contributed by atoms with van der Waals surface area (Å²) >= 11 is 7.24. The van der Waals surface area contributed by atoms with Crippen molar-refractivity contribution in [3.05, 3.63) is 45.2 Å². The van der Waals surface area contributed by atoms with Gasteiger partial charge in [-0.05, 0) is 24.3 Å². The number of rotatable bonds is 4. The maximum atomic E-state index is 11.8. The average molecular weight is 283 g/mol. The Hall–Kier alpha value is -1.63. The minimum atomic E-state index is -0.185. The molecule has 7 heteroatoms. The first-order chi connectivity index (χ1) is 8.69. The van der Waals surface area contributed by atoms with Gasteiger partial charge in [-0.2, -0.15) is 0 Å². The Morgan fingerprint density at radius 3 is 2.78 bits per heavy atom. The lowest BCUT2D eigenvalue weighted by molar-refractivity contribution is 0.0951. The fourth-order valence-corrected chi connectivity index (χ4v) is 2.36. The number of pyridine rings is 1. The molecule has 94 valence electrons. The first kappa shape index (κ1) is 12.8. The highest BCUT2D eigenvalue weighted by Gasteiger charge is 2.06. The van der Waals surface area contributed by atoms with Crippen LogP contribution in [0.2, 0.25) is 4.34 Å². The number of nitrogens with one attached hydrogen (secondary N) is 2. The molecule has 0 atom stereocenters. The van der Waals surface area contributed by atoms with E-state index in [-0.39, 0.29) is 5.91 Å². The molecule has 0 radical (unpaired) electrons. The van der Waals surface area contributed by atoms with Gasteiger partial charge >= 0.3 is 0 Å². The third-order valence-corrected chi connectivity index (χ3v) is 3.46. The van der Waals surface area contributed by atoms with Gasteiger partial charge in [0.2, 0.25) is 0 Å². The second kappa shape index (κ2) is 5.81. The molecule has 2 aromatic rings. The number of hydrogen-bond donors (Lipinski definition) is 3. The Balaban J connectivity index is 1.94. The van der Waals surface area contributed by atoms with Crippen LogP contribution in [0.5, 0.6) is 0 Å². The molecule has 2 rings (SSSR count). The van der Waals surface area contributed by atoms with E-state index in [4.69, 9.17) is 17.4 Å². The van der Waals surface area contributed by atoms with E-state index in [0.717, 1.165) is 4.88 Å². The maximum Gasteiger partial charge on any atom is 0.253 e. The minimum absolute atomic E-state index is 0.185. The summed E-state index contributed by atoms with van der Waals surface area (Å²) in [5, 5.41) is 2.79. The SMILES string of the molecule is NNc1ccc(C(=O)NCc2ccc(Cl)s2)cn1. The van der Waals surface area contributed by atoms with Gasteiger partial charge in [0.15, 0.2) is 0 Å². The van der Waals surface area contributed by atoms with Crippen molar-refractivity contribution in [2.75, 3.05) is 5.43 Å². The van der Waals surface area contributed by atoms with Gasteiger partial charge < -0.3 is 10.7 Å². The molecule has 0 saturated carbocycles. The Kier molecular flexibility index (Phi) is 4.14. The van der Waals surface area contributed by atoms with Gasteiger partial charge in [-0.3, -0.25) is 4.79 Å². The number of anilines is 1. The van der Waals surface area contributed by atoms with E-state index >= 15 is 0 Å². The predicted molar refractivity (Wildman–Crippen MR) is 72.5 cm³/mol. The van der Waals surface area contributed by atoms with Crippen LogP contribution in [0.4, 0.5) is 5.82 Å². The molecule has 0 aromatic carbocycles. The fourth-order valence-electron chi connectivity index (χ4n) is 1.33. The number of aromatic nitrogens is 1. The van der Waals surface area contributed by atoms with E-state index in [1.54, 1.807) is 18.2 Å². The number of halogens is 1. The molecule has 0 unspecified atom stereocenters. The summed E-state index contributed by atoms with van der Waals surface area (Å²) in [4.78, 5) is 16.8. The van der Waals surface area contributed by atoms with Gasteiger partial charge in [0.1, 0.15) is 5.82 Å². The second-order valence-electron chi connectivity index (χ2n) is 3.46. The lowest BCUT2D eigenvalue weighted by Gasteiger charge is -2.04. The van der Waals surface area contributed by atoms with Crippen molar-refractivity contribution >= 4 is 34.7 Å². The van der Waals surface area contributed by atoms with Crippen LogP contribution in [0.15, 0.2) is 30.5 Å². The summed E-state index contributed by atoms with van der Waals surface area (Å²) in [6.07, 6.45) is 1.46. The molecule has 4 N–H and O–H groups in total. The van der Waals surface area contributed by atoms with Crippen LogP contribution in [0.25, 0.3) is 0 Å². The smallest absolute Gasteiger partial charge is 0.253 e. The normalized spacial score (nSPS) is 10.1. The fraction of sp³-hybridized carbons (Fsp3) is 0.0909. The molecule has 0 bridgehead atoms. The zero-order valence-electron chi connectivity index (χ0n) is 9.31. The molecule has 0 aliphatic heterocycles. The number of nitrogens with two attached hydrogens (primary N) is 1. The van der Waals surface area contributed by atoms with Crippen molar-refractivity contribution < 1.29 is 4.79 Å². The molecule has 0 aliphatic rings. The van der Waals surface area contributed by atoms with E-state index < -0.39 is 0 Å². The summed E-state index contributed by atoms with van der Waals surface area (Å²) in [7, 11) is 0. The number of nitrogen functional groups attached to an aromatic ring is 1. The lowest BCUT2D eigenvalue weighted by Crippen LogP contribution is -2.22. The molecule has 0 spiro atoms. The number of hydrogen-bond acceptors (Lipinski definition) is 5. The van der Waals surface area contributed by atoms with Crippen LogP contribution < -0.4 is 16.6 Å². The van der Waals surface area contributed by atoms with Gasteiger partial charge in [-0.25, -0.2) is 10.8 Å².